The molecule has 0 aliphatic heterocycles. The minimum atomic E-state index is -0.244. The molecule has 1 N–H and O–H groups in total. The Morgan fingerprint density at radius 2 is 1.85 bits per heavy atom. The average Bonchev–Trinajstić information content (AvgIpc) is 3.27. The second-order valence-corrected chi connectivity index (χ2v) is 8.95. The summed E-state index contributed by atoms with van der Waals surface area (Å²) in [5, 5.41) is 5.38. The zero-order chi connectivity index (χ0) is 24.2. The van der Waals surface area contributed by atoms with Crippen molar-refractivity contribution in [2.24, 2.45) is 0 Å². The van der Waals surface area contributed by atoms with Crippen LogP contribution in [0.1, 0.15) is 16.7 Å². The largest absolute Gasteiger partial charge is 0.493 e. The van der Waals surface area contributed by atoms with E-state index in [1.54, 1.807) is 14.2 Å². The second-order valence-electron chi connectivity index (χ2n) is 8.10. The fourth-order valence-corrected chi connectivity index (χ4v) is 4.70. The van der Waals surface area contributed by atoms with Crippen molar-refractivity contribution in [2.75, 3.05) is 20.8 Å². The molecule has 34 heavy (non-hydrogen) atoms. The predicted octanol–water partition coefficient (Wildman–Crippen LogP) is 4.12. The molecule has 0 radical (unpaired) electrons. The van der Waals surface area contributed by atoms with Crippen LogP contribution in [0.4, 0.5) is 0 Å². The van der Waals surface area contributed by atoms with E-state index in [0.717, 1.165) is 22.3 Å². The monoisotopic (exact) mass is 477 g/mol. The van der Waals surface area contributed by atoms with Crippen molar-refractivity contribution in [1.82, 2.24) is 14.9 Å². The molecule has 0 aliphatic carbocycles. The molecular weight excluding hydrogens is 450 g/mol. The van der Waals surface area contributed by atoms with Gasteiger partial charge in [-0.2, -0.15) is 0 Å². The van der Waals surface area contributed by atoms with Gasteiger partial charge < -0.3 is 14.8 Å². The van der Waals surface area contributed by atoms with E-state index in [1.165, 1.54) is 27.8 Å². The van der Waals surface area contributed by atoms with Gasteiger partial charge in [-0.05, 0) is 54.7 Å². The van der Waals surface area contributed by atoms with Crippen molar-refractivity contribution >= 4 is 27.5 Å². The van der Waals surface area contributed by atoms with Crippen LogP contribution >= 0.6 is 11.3 Å². The van der Waals surface area contributed by atoms with Gasteiger partial charge >= 0.3 is 0 Å². The van der Waals surface area contributed by atoms with Crippen molar-refractivity contribution in [3.8, 4) is 22.6 Å². The summed E-state index contributed by atoms with van der Waals surface area (Å²) in [7, 11) is 3.18. The molecule has 0 aliphatic rings. The van der Waals surface area contributed by atoms with Crippen LogP contribution in [0.5, 0.6) is 11.5 Å². The molecule has 0 spiro atoms. The lowest BCUT2D eigenvalue weighted by atomic mass is 10.0. The fourth-order valence-electron chi connectivity index (χ4n) is 3.79. The molecule has 0 saturated carbocycles. The Balaban J connectivity index is 1.47. The van der Waals surface area contributed by atoms with Crippen LogP contribution in [0.15, 0.2) is 52.9 Å². The maximum atomic E-state index is 13.2. The molecule has 0 saturated heterocycles. The number of aromatic nitrogens is 2. The van der Waals surface area contributed by atoms with E-state index in [2.05, 4.69) is 36.3 Å². The van der Waals surface area contributed by atoms with Crippen molar-refractivity contribution in [2.45, 2.75) is 26.8 Å². The first-order chi connectivity index (χ1) is 16.4. The highest BCUT2D eigenvalue weighted by atomic mass is 32.1. The standard InChI is InChI=1S/C26H27N3O4S/c1-16-5-7-19(11-17(16)2)20-14-34-25-24(20)26(31)29(15-28-25)13-23(30)27-10-9-18-6-8-21(32-3)22(12-18)33-4/h5-8,11-12,14-15H,9-10,13H2,1-4H3,(H,27,30). The molecule has 4 aromatic rings. The molecule has 4 rings (SSSR count). The number of fused-ring (bicyclic) bond motifs is 1. The lowest BCUT2D eigenvalue weighted by Crippen LogP contribution is -2.33. The summed E-state index contributed by atoms with van der Waals surface area (Å²) in [4.78, 5) is 30.9. The van der Waals surface area contributed by atoms with Gasteiger partial charge in [0.05, 0.1) is 25.9 Å². The minimum absolute atomic E-state index is 0.0874. The number of hydrogen-bond donors (Lipinski definition) is 1. The van der Waals surface area contributed by atoms with Gasteiger partial charge in [0.1, 0.15) is 11.4 Å². The Hall–Kier alpha value is -3.65. The highest BCUT2D eigenvalue weighted by Gasteiger charge is 2.15. The number of methoxy groups -OCH3 is 2. The zero-order valence-electron chi connectivity index (χ0n) is 19.7. The highest BCUT2D eigenvalue weighted by Crippen LogP contribution is 2.31. The number of benzene rings is 2. The number of thiophene rings is 1. The number of carbonyl (C=O) groups is 1. The Morgan fingerprint density at radius 1 is 1.06 bits per heavy atom. The van der Waals surface area contributed by atoms with Gasteiger partial charge in [0.25, 0.3) is 5.56 Å². The van der Waals surface area contributed by atoms with Crippen molar-refractivity contribution in [1.29, 1.82) is 0 Å². The molecule has 2 heterocycles. The smallest absolute Gasteiger partial charge is 0.263 e. The molecule has 0 unspecified atom stereocenters. The van der Waals surface area contributed by atoms with Gasteiger partial charge in [0.15, 0.2) is 11.5 Å². The summed E-state index contributed by atoms with van der Waals surface area (Å²) in [6.45, 7) is 4.46. The summed E-state index contributed by atoms with van der Waals surface area (Å²) in [5.74, 6) is 1.06. The maximum absolute atomic E-state index is 13.2. The van der Waals surface area contributed by atoms with Crippen molar-refractivity contribution in [3.05, 3.63) is 75.1 Å². The Morgan fingerprint density at radius 3 is 2.59 bits per heavy atom. The van der Waals surface area contributed by atoms with Gasteiger partial charge in [-0.25, -0.2) is 4.98 Å². The van der Waals surface area contributed by atoms with Gasteiger partial charge in [-0.1, -0.05) is 24.3 Å². The molecule has 2 aromatic heterocycles. The third-order valence-electron chi connectivity index (χ3n) is 5.88. The third-order valence-corrected chi connectivity index (χ3v) is 6.76. The highest BCUT2D eigenvalue weighted by molar-refractivity contribution is 7.17. The number of nitrogens with one attached hydrogen (secondary N) is 1. The lowest BCUT2D eigenvalue weighted by molar-refractivity contribution is -0.121. The van der Waals surface area contributed by atoms with Crippen LogP contribution in [0, 0.1) is 13.8 Å². The summed E-state index contributed by atoms with van der Waals surface area (Å²) in [6, 6.07) is 11.8. The minimum Gasteiger partial charge on any atom is -0.493 e. The van der Waals surface area contributed by atoms with Crippen LogP contribution < -0.4 is 20.3 Å². The number of nitrogens with zero attached hydrogens (tertiary/aromatic N) is 2. The van der Waals surface area contributed by atoms with E-state index in [4.69, 9.17) is 9.47 Å². The summed E-state index contributed by atoms with van der Waals surface area (Å²) >= 11 is 1.43. The van der Waals surface area contributed by atoms with E-state index in [1.807, 2.05) is 29.6 Å². The molecule has 176 valence electrons. The molecule has 0 bridgehead atoms. The molecule has 8 heteroatoms. The third kappa shape index (κ3) is 4.82. The second kappa shape index (κ2) is 10.1. The Kier molecular flexibility index (Phi) is 6.98. The maximum Gasteiger partial charge on any atom is 0.263 e. The number of aryl methyl sites for hydroxylation is 2. The summed E-state index contributed by atoms with van der Waals surface area (Å²) < 4.78 is 11.9. The predicted molar refractivity (Wildman–Crippen MR) is 135 cm³/mol. The number of hydrogen-bond acceptors (Lipinski definition) is 6. The van der Waals surface area contributed by atoms with E-state index in [-0.39, 0.29) is 18.0 Å². The van der Waals surface area contributed by atoms with Gasteiger partial charge in [0, 0.05) is 17.5 Å². The first-order valence-electron chi connectivity index (χ1n) is 10.9. The first-order valence-corrected chi connectivity index (χ1v) is 11.8. The fraction of sp³-hybridized carbons (Fsp3) is 0.269. The quantitative estimate of drug-likeness (QED) is 0.413. The Labute approximate surface area is 202 Å². The van der Waals surface area contributed by atoms with Crippen LogP contribution in [-0.4, -0.2) is 36.2 Å². The topological polar surface area (TPSA) is 82.5 Å². The normalized spacial score (nSPS) is 10.9. The van der Waals surface area contributed by atoms with Crippen LogP contribution in [0.2, 0.25) is 0 Å². The zero-order valence-corrected chi connectivity index (χ0v) is 20.5. The van der Waals surface area contributed by atoms with Crippen molar-refractivity contribution < 1.29 is 14.3 Å². The van der Waals surface area contributed by atoms with Crippen molar-refractivity contribution in [3.63, 3.8) is 0 Å². The molecule has 2 aromatic carbocycles. The van der Waals surface area contributed by atoms with Crippen LogP contribution in [-0.2, 0) is 17.8 Å². The van der Waals surface area contributed by atoms with Crippen LogP contribution in [0.3, 0.4) is 0 Å². The summed E-state index contributed by atoms with van der Waals surface area (Å²) in [5.41, 5.74) is 4.98. The van der Waals surface area contributed by atoms with E-state index in [0.29, 0.717) is 34.7 Å². The van der Waals surface area contributed by atoms with E-state index < -0.39 is 0 Å². The van der Waals surface area contributed by atoms with Crippen LogP contribution in [0.25, 0.3) is 21.3 Å². The molecule has 0 fully saturated rings. The molecule has 7 nitrogen and oxygen atoms in total. The first kappa shape index (κ1) is 23.5. The Bertz CT molecular complexity index is 1410. The molecular formula is C26H27N3O4S. The van der Waals surface area contributed by atoms with Gasteiger partial charge in [0.2, 0.25) is 5.91 Å². The number of ether oxygens (including phenoxy) is 2. The van der Waals surface area contributed by atoms with Gasteiger partial charge in [-0.15, -0.1) is 11.3 Å². The molecule has 1 amide bonds. The number of amides is 1. The number of rotatable bonds is 8. The summed E-state index contributed by atoms with van der Waals surface area (Å²) in [6.07, 6.45) is 2.07. The van der Waals surface area contributed by atoms with E-state index >= 15 is 0 Å². The SMILES string of the molecule is COc1ccc(CCNC(=O)Cn2cnc3scc(-c4ccc(C)c(C)c4)c3c2=O)cc1OC. The lowest BCUT2D eigenvalue weighted by Gasteiger charge is -2.11. The van der Waals surface area contributed by atoms with Gasteiger partial charge in [-0.3, -0.25) is 14.2 Å². The number of carbonyl (C=O) groups excluding carboxylic acids is 1. The molecule has 0 atom stereocenters. The van der Waals surface area contributed by atoms with E-state index in [9.17, 15) is 9.59 Å². The average molecular weight is 478 g/mol.